The van der Waals surface area contributed by atoms with Crippen LogP contribution in [-0.2, 0) is 10.9 Å². The van der Waals surface area contributed by atoms with E-state index >= 15 is 0 Å². The van der Waals surface area contributed by atoms with Gasteiger partial charge in [-0.1, -0.05) is 0 Å². The lowest BCUT2D eigenvalue weighted by Crippen LogP contribution is -2.48. The highest BCUT2D eigenvalue weighted by atomic mass is 19.4. The second kappa shape index (κ2) is 7.85. The van der Waals surface area contributed by atoms with Gasteiger partial charge in [0.2, 0.25) is 17.8 Å². The van der Waals surface area contributed by atoms with E-state index in [0.29, 0.717) is 64.4 Å². The average Bonchev–Trinajstić information content (AvgIpc) is 2.73. The van der Waals surface area contributed by atoms with Crippen LogP contribution in [0, 0.1) is 0 Å². The molecule has 0 aromatic carbocycles. The Bertz CT molecular complexity index is 851. The van der Waals surface area contributed by atoms with Gasteiger partial charge in [-0.25, -0.2) is 4.98 Å². The Hall–Kier alpha value is -2.89. The number of piperazine rings is 1. The normalized spacial score (nSPS) is 18.2. The van der Waals surface area contributed by atoms with E-state index in [4.69, 9.17) is 10.5 Å². The van der Waals surface area contributed by atoms with Gasteiger partial charge in [-0.05, 0) is 12.1 Å². The quantitative estimate of drug-likeness (QED) is 0.796. The van der Waals surface area contributed by atoms with Crippen LogP contribution in [0.25, 0.3) is 0 Å². The zero-order chi connectivity index (χ0) is 20.4. The van der Waals surface area contributed by atoms with Crippen molar-refractivity contribution < 1.29 is 17.9 Å². The van der Waals surface area contributed by atoms with Gasteiger partial charge in [0.05, 0.1) is 18.8 Å². The van der Waals surface area contributed by atoms with E-state index in [0.717, 1.165) is 6.07 Å². The van der Waals surface area contributed by atoms with Crippen molar-refractivity contribution in [3.63, 3.8) is 0 Å². The Morgan fingerprint density at radius 1 is 0.862 bits per heavy atom. The van der Waals surface area contributed by atoms with Crippen molar-refractivity contribution in [2.75, 3.05) is 72.9 Å². The molecule has 0 spiro atoms. The minimum absolute atomic E-state index is 0.0520. The summed E-state index contributed by atoms with van der Waals surface area (Å²) < 4.78 is 45.2. The number of hydrogen-bond acceptors (Lipinski definition) is 9. The fraction of sp³-hybridized carbons (Fsp3) is 0.529. The lowest BCUT2D eigenvalue weighted by Gasteiger charge is -2.36. The molecule has 0 amide bonds. The number of aromatic nitrogens is 4. The monoisotopic (exact) mass is 410 g/mol. The first-order valence-electron chi connectivity index (χ1n) is 9.28. The Balaban J connectivity index is 1.49. The second-order valence-electron chi connectivity index (χ2n) is 6.74. The fourth-order valence-corrected chi connectivity index (χ4v) is 3.40. The van der Waals surface area contributed by atoms with E-state index in [-0.39, 0.29) is 11.8 Å². The molecule has 0 atom stereocenters. The average molecular weight is 410 g/mol. The van der Waals surface area contributed by atoms with E-state index in [9.17, 15) is 13.2 Å². The largest absolute Gasteiger partial charge is 0.419 e. The number of alkyl halides is 3. The summed E-state index contributed by atoms with van der Waals surface area (Å²) in [6.45, 7) is 4.11. The summed E-state index contributed by atoms with van der Waals surface area (Å²) in [6.07, 6.45) is -3.07. The third kappa shape index (κ3) is 4.26. The number of rotatable bonds is 3. The molecule has 2 aromatic rings. The maximum absolute atomic E-state index is 13.3. The topological polar surface area (TPSA) is 96.5 Å². The van der Waals surface area contributed by atoms with Crippen molar-refractivity contribution in [2.24, 2.45) is 0 Å². The third-order valence-electron chi connectivity index (χ3n) is 4.88. The SMILES string of the molecule is Nc1nc(N2CCOCC2)nc(N2CCN(c3ncccc3C(F)(F)F)CC2)n1. The molecule has 2 aliphatic rings. The van der Waals surface area contributed by atoms with Crippen LogP contribution in [-0.4, -0.2) is 72.4 Å². The molecule has 2 saturated heterocycles. The summed E-state index contributed by atoms with van der Waals surface area (Å²) in [5.74, 6) is 0.977. The third-order valence-corrected chi connectivity index (χ3v) is 4.88. The number of ether oxygens (including phenoxy) is 1. The minimum atomic E-state index is -4.45. The highest BCUT2D eigenvalue weighted by Crippen LogP contribution is 2.35. The molecule has 29 heavy (non-hydrogen) atoms. The summed E-state index contributed by atoms with van der Waals surface area (Å²) in [5, 5.41) is 0. The van der Waals surface area contributed by atoms with Crippen molar-refractivity contribution in [3.8, 4) is 0 Å². The summed E-state index contributed by atoms with van der Waals surface area (Å²) in [6, 6.07) is 2.35. The molecular weight excluding hydrogens is 389 g/mol. The molecule has 2 aromatic heterocycles. The summed E-state index contributed by atoms with van der Waals surface area (Å²) in [7, 11) is 0. The molecule has 2 N–H and O–H groups in total. The smallest absolute Gasteiger partial charge is 0.378 e. The van der Waals surface area contributed by atoms with E-state index in [1.54, 1.807) is 4.90 Å². The van der Waals surface area contributed by atoms with Crippen molar-refractivity contribution in [3.05, 3.63) is 23.9 Å². The molecule has 0 saturated carbocycles. The second-order valence-corrected chi connectivity index (χ2v) is 6.74. The van der Waals surface area contributed by atoms with E-state index < -0.39 is 11.7 Å². The maximum atomic E-state index is 13.3. The maximum Gasteiger partial charge on any atom is 0.419 e. The number of nitrogens with two attached hydrogens (primary N) is 1. The Morgan fingerprint density at radius 3 is 2.07 bits per heavy atom. The molecule has 4 rings (SSSR count). The molecule has 4 heterocycles. The highest BCUT2D eigenvalue weighted by Gasteiger charge is 2.36. The van der Waals surface area contributed by atoms with Gasteiger partial charge in [0.15, 0.2) is 0 Å². The summed E-state index contributed by atoms with van der Waals surface area (Å²) >= 11 is 0. The lowest BCUT2D eigenvalue weighted by atomic mass is 10.2. The number of anilines is 4. The molecule has 0 radical (unpaired) electrons. The van der Waals surface area contributed by atoms with Gasteiger partial charge in [-0.15, -0.1) is 0 Å². The van der Waals surface area contributed by atoms with E-state index in [1.165, 1.54) is 12.3 Å². The van der Waals surface area contributed by atoms with Gasteiger partial charge >= 0.3 is 6.18 Å². The van der Waals surface area contributed by atoms with E-state index in [1.807, 2.05) is 9.80 Å². The van der Waals surface area contributed by atoms with Gasteiger partial charge in [0, 0.05) is 45.5 Å². The molecular formula is C17H21F3N8O. The molecule has 2 fully saturated rings. The van der Waals surface area contributed by atoms with Crippen LogP contribution in [0.4, 0.5) is 36.8 Å². The van der Waals surface area contributed by atoms with Gasteiger partial charge in [-0.3, -0.25) is 0 Å². The zero-order valence-electron chi connectivity index (χ0n) is 15.6. The number of pyridine rings is 1. The van der Waals surface area contributed by atoms with Crippen molar-refractivity contribution in [1.82, 2.24) is 19.9 Å². The van der Waals surface area contributed by atoms with Crippen LogP contribution in [0.2, 0.25) is 0 Å². The molecule has 12 heteroatoms. The summed E-state index contributed by atoms with van der Waals surface area (Å²) in [5.41, 5.74) is 5.14. The van der Waals surface area contributed by atoms with Crippen molar-refractivity contribution >= 4 is 23.7 Å². The standard InChI is InChI=1S/C17H21F3N8O/c18-17(19,20)12-2-1-3-22-13(12)26-4-6-27(7-5-26)15-23-14(21)24-16(25-15)28-8-10-29-11-9-28/h1-3H,4-11H2,(H2,21,23,24,25). The first-order chi connectivity index (χ1) is 13.9. The molecule has 156 valence electrons. The predicted octanol–water partition coefficient (Wildman–Crippen LogP) is 1.03. The lowest BCUT2D eigenvalue weighted by molar-refractivity contribution is -0.137. The Kier molecular flexibility index (Phi) is 5.26. The van der Waals surface area contributed by atoms with Crippen LogP contribution in [0.3, 0.4) is 0 Å². The first kappa shape index (κ1) is 19.4. The fourth-order valence-electron chi connectivity index (χ4n) is 3.40. The van der Waals surface area contributed by atoms with Gasteiger partial charge in [0.25, 0.3) is 0 Å². The number of nitrogens with zero attached hydrogens (tertiary/aromatic N) is 7. The molecule has 0 unspecified atom stereocenters. The van der Waals surface area contributed by atoms with Crippen LogP contribution < -0.4 is 20.4 Å². The van der Waals surface area contributed by atoms with Crippen molar-refractivity contribution in [2.45, 2.75) is 6.18 Å². The minimum Gasteiger partial charge on any atom is -0.378 e. The predicted molar refractivity (Wildman–Crippen MR) is 101 cm³/mol. The molecule has 0 aliphatic carbocycles. The van der Waals surface area contributed by atoms with Crippen LogP contribution in [0.1, 0.15) is 5.56 Å². The Morgan fingerprint density at radius 2 is 1.45 bits per heavy atom. The molecule has 9 nitrogen and oxygen atoms in total. The van der Waals surface area contributed by atoms with Crippen LogP contribution in [0.15, 0.2) is 18.3 Å². The molecule has 2 aliphatic heterocycles. The zero-order valence-corrected chi connectivity index (χ0v) is 15.6. The number of hydrogen-bond donors (Lipinski definition) is 1. The van der Waals surface area contributed by atoms with Gasteiger partial charge in [0.1, 0.15) is 5.82 Å². The summed E-state index contributed by atoms with van der Waals surface area (Å²) in [4.78, 5) is 22.4. The van der Waals surface area contributed by atoms with Crippen LogP contribution >= 0.6 is 0 Å². The Labute approximate surface area is 165 Å². The number of nitrogen functional groups attached to an aromatic ring is 1. The van der Waals surface area contributed by atoms with Gasteiger partial charge < -0.3 is 25.2 Å². The molecule has 0 bridgehead atoms. The highest BCUT2D eigenvalue weighted by molar-refractivity contribution is 5.51. The number of morpholine rings is 1. The van der Waals surface area contributed by atoms with E-state index in [2.05, 4.69) is 19.9 Å². The van der Waals surface area contributed by atoms with Crippen LogP contribution in [0.5, 0.6) is 0 Å². The first-order valence-corrected chi connectivity index (χ1v) is 9.28. The van der Waals surface area contributed by atoms with Gasteiger partial charge in [-0.2, -0.15) is 28.1 Å². The van der Waals surface area contributed by atoms with Crippen molar-refractivity contribution in [1.29, 1.82) is 0 Å². The number of halogens is 3.